The summed E-state index contributed by atoms with van der Waals surface area (Å²) in [6, 6.07) is 10.5. The Kier molecular flexibility index (Phi) is 10.6. The van der Waals surface area contributed by atoms with Crippen LogP contribution in [0.3, 0.4) is 0 Å². The van der Waals surface area contributed by atoms with Crippen LogP contribution in [0.1, 0.15) is 25.8 Å². The minimum Gasteiger partial charge on any atom is -0.493 e. The molecule has 0 saturated heterocycles. The highest BCUT2D eigenvalue weighted by Crippen LogP contribution is 2.33. The molecule has 176 valence electrons. The third-order valence-corrected chi connectivity index (χ3v) is 5.63. The number of hydrogen-bond acceptors (Lipinski definition) is 6. The van der Waals surface area contributed by atoms with E-state index in [1.54, 1.807) is 31.2 Å². The molecule has 0 aliphatic carbocycles. The summed E-state index contributed by atoms with van der Waals surface area (Å²) in [7, 11) is 1.47. The Labute approximate surface area is 213 Å². The van der Waals surface area contributed by atoms with Crippen molar-refractivity contribution in [2.75, 3.05) is 19.0 Å². The van der Waals surface area contributed by atoms with Crippen molar-refractivity contribution < 1.29 is 23.9 Å². The molecule has 0 saturated carbocycles. The molecule has 11 heteroatoms. The lowest BCUT2D eigenvalue weighted by molar-refractivity contribution is -0.139. The number of methoxy groups -OCH3 is 1. The van der Waals surface area contributed by atoms with Crippen molar-refractivity contribution in [1.82, 2.24) is 10.7 Å². The van der Waals surface area contributed by atoms with Crippen LogP contribution in [0.5, 0.6) is 11.5 Å². The maximum Gasteiger partial charge on any atom is 0.329 e. The zero-order valence-electron chi connectivity index (χ0n) is 18.3. The van der Waals surface area contributed by atoms with E-state index in [4.69, 9.17) is 9.47 Å². The Balaban J connectivity index is 1.98. The van der Waals surface area contributed by atoms with Crippen LogP contribution in [0.2, 0.25) is 0 Å². The maximum absolute atomic E-state index is 12.2. The number of hydrazone groups is 1. The lowest BCUT2D eigenvalue weighted by atomic mass is 10.2. The van der Waals surface area contributed by atoms with Gasteiger partial charge in [0.05, 0.1) is 16.9 Å². The van der Waals surface area contributed by atoms with E-state index in [1.165, 1.54) is 13.3 Å². The molecule has 0 bridgehead atoms. The minimum atomic E-state index is -0.857. The van der Waals surface area contributed by atoms with Gasteiger partial charge in [0.1, 0.15) is 0 Å². The Morgan fingerprint density at radius 1 is 1.18 bits per heavy atom. The Morgan fingerprint density at radius 3 is 2.52 bits per heavy atom. The monoisotopic (exact) mass is 630 g/mol. The first-order valence-electron chi connectivity index (χ1n) is 9.93. The molecule has 2 rings (SSSR count). The van der Waals surface area contributed by atoms with E-state index < -0.39 is 11.8 Å². The molecule has 0 aromatic heterocycles. The summed E-state index contributed by atoms with van der Waals surface area (Å²) in [4.78, 5) is 35.8. The van der Waals surface area contributed by atoms with Gasteiger partial charge in [0.15, 0.2) is 18.1 Å². The van der Waals surface area contributed by atoms with E-state index in [0.29, 0.717) is 32.7 Å². The highest BCUT2D eigenvalue weighted by molar-refractivity contribution is 14.1. The number of ether oxygens (including phenoxy) is 2. The van der Waals surface area contributed by atoms with Gasteiger partial charge in [-0.3, -0.25) is 14.4 Å². The zero-order valence-corrected chi connectivity index (χ0v) is 22.0. The number of benzene rings is 2. The van der Waals surface area contributed by atoms with Crippen molar-refractivity contribution >= 4 is 68.1 Å². The van der Waals surface area contributed by atoms with E-state index in [9.17, 15) is 14.4 Å². The van der Waals surface area contributed by atoms with Crippen LogP contribution in [0.25, 0.3) is 0 Å². The number of nitrogens with one attached hydrogen (secondary N) is 3. The molecule has 3 amide bonds. The Bertz CT molecular complexity index is 1030. The number of amides is 3. The molecule has 0 unspecified atom stereocenters. The molecule has 0 heterocycles. The van der Waals surface area contributed by atoms with Gasteiger partial charge in [-0.2, -0.15) is 5.10 Å². The SMILES string of the molecule is CC[C@H](C)NC(=O)C(=O)N/N=C\c1cc(I)c(OCC(=O)Nc2ccc(Br)cc2)c(OC)c1. The number of hydrogen-bond donors (Lipinski definition) is 3. The summed E-state index contributed by atoms with van der Waals surface area (Å²) in [5.74, 6) is -1.14. The molecule has 0 fully saturated rings. The van der Waals surface area contributed by atoms with Crippen molar-refractivity contribution in [2.24, 2.45) is 5.10 Å². The van der Waals surface area contributed by atoms with Crippen molar-refractivity contribution in [3.05, 3.63) is 50.0 Å². The second-order valence-corrected chi connectivity index (χ2v) is 8.94. The van der Waals surface area contributed by atoms with Gasteiger partial charge in [0, 0.05) is 16.2 Å². The smallest absolute Gasteiger partial charge is 0.329 e. The first-order chi connectivity index (χ1) is 15.7. The number of carbonyl (C=O) groups excluding carboxylic acids is 3. The average molecular weight is 631 g/mol. The van der Waals surface area contributed by atoms with Gasteiger partial charge in [0.25, 0.3) is 5.91 Å². The molecule has 0 spiro atoms. The lowest BCUT2D eigenvalue weighted by Gasteiger charge is -2.13. The van der Waals surface area contributed by atoms with Gasteiger partial charge in [-0.1, -0.05) is 22.9 Å². The fourth-order valence-corrected chi connectivity index (χ4v) is 3.48. The molecule has 0 aliphatic heterocycles. The van der Waals surface area contributed by atoms with E-state index in [0.717, 1.165) is 4.47 Å². The molecular formula is C22H24BrIN4O5. The fraction of sp³-hybridized carbons (Fsp3) is 0.273. The second-order valence-electron chi connectivity index (χ2n) is 6.86. The zero-order chi connectivity index (χ0) is 24.4. The number of halogens is 2. The van der Waals surface area contributed by atoms with E-state index in [-0.39, 0.29) is 18.6 Å². The predicted octanol–water partition coefficient (Wildman–Crippen LogP) is 3.44. The van der Waals surface area contributed by atoms with Crippen molar-refractivity contribution in [3.8, 4) is 11.5 Å². The molecule has 2 aromatic carbocycles. The molecule has 0 radical (unpaired) electrons. The maximum atomic E-state index is 12.2. The molecular weight excluding hydrogens is 607 g/mol. The van der Waals surface area contributed by atoms with E-state index in [1.807, 2.05) is 41.6 Å². The van der Waals surface area contributed by atoms with Crippen LogP contribution < -0.4 is 25.5 Å². The standard InChI is InChI=1S/C22H24BrIN4O5/c1-4-13(2)26-21(30)22(31)28-25-11-14-9-17(24)20(18(10-14)32-3)33-12-19(29)27-16-7-5-15(23)6-8-16/h5-11,13H,4,12H2,1-3H3,(H,26,30)(H,27,29)(H,28,31)/b25-11-/t13-/m0/s1. The van der Waals surface area contributed by atoms with Crippen molar-refractivity contribution in [1.29, 1.82) is 0 Å². The van der Waals surface area contributed by atoms with Crippen LogP contribution in [-0.4, -0.2) is 43.7 Å². The second kappa shape index (κ2) is 13.1. The van der Waals surface area contributed by atoms with Gasteiger partial charge >= 0.3 is 11.8 Å². The lowest BCUT2D eigenvalue weighted by Crippen LogP contribution is -2.41. The van der Waals surface area contributed by atoms with Crippen molar-refractivity contribution in [2.45, 2.75) is 26.3 Å². The normalized spacial score (nSPS) is 11.5. The third kappa shape index (κ3) is 8.65. The molecule has 1 atom stereocenters. The summed E-state index contributed by atoms with van der Waals surface area (Å²) >= 11 is 5.39. The first kappa shape index (κ1) is 26.6. The van der Waals surface area contributed by atoms with Gasteiger partial charge in [0.2, 0.25) is 0 Å². The molecule has 2 aromatic rings. The first-order valence-corrected chi connectivity index (χ1v) is 11.8. The fourth-order valence-electron chi connectivity index (χ4n) is 2.43. The van der Waals surface area contributed by atoms with Crippen molar-refractivity contribution in [3.63, 3.8) is 0 Å². The number of anilines is 1. The average Bonchev–Trinajstić information content (AvgIpc) is 2.79. The van der Waals surface area contributed by atoms with Crippen LogP contribution in [0.4, 0.5) is 5.69 Å². The molecule has 9 nitrogen and oxygen atoms in total. The van der Waals surface area contributed by atoms with Crippen LogP contribution >= 0.6 is 38.5 Å². The summed E-state index contributed by atoms with van der Waals surface area (Å²) in [5, 5.41) is 9.12. The Morgan fingerprint density at radius 2 is 1.88 bits per heavy atom. The molecule has 3 N–H and O–H groups in total. The number of carbonyl (C=O) groups is 3. The third-order valence-electron chi connectivity index (χ3n) is 4.30. The Hall–Kier alpha value is -2.67. The number of nitrogens with zero attached hydrogens (tertiary/aromatic N) is 1. The summed E-state index contributed by atoms with van der Waals surface area (Å²) < 4.78 is 12.6. The topological polar surface area (TPSA) is 118 Å². The van der Waals surface area contributed by atoms with Gasteiger partial charge in [-0.25, -0.2) is 5.43 Å². The van der Waals surface area contributed by atoms with Gasteiger partial charge in [-0.05, 0) is 77.9 Å². The van der Waals surface area contributed by atoms with Crippen LogP contribution in [0, 0.1) is 3.57 Å². The highest BCUT2D eigenvalue weighted by Gasteiger charge is 2.15. The van der Waals surface area contributed by atoms with Crippen LogP contribution in [0.15, 0.2) is 46.0 Å². The highest BCUT2D eigenvalue weighted by atomic mass is 127. The quantitative estimate of drug-likeness (QED) is 0.170. The molecule has 0 aliphatic rings. The minimum absolute atomic E-state index is 0.109. The largest absolute Gasteiger partial charge is 0.493 e. The molecule has 33 heavy (non-hydrogen) atoms. The summed E-state index contributed by atoms with van der Waals surface area (Å²) in [6.07, 6.45) is 2.09. The predicted molar refractivity (Wildman–Crippen MR) is 138 cm³/mol. The number of rotatable bonds is 9. The summed E-state index contributed by atoms with van der Waals surface area (Å²) in [5.41, 5.74) is 3.44. The summed E-state index contributed by atoms with van der Waals surface area (Å²) in [6.45, 7) is 3.49. The van der Waals surface area contributed by atoms with Gasteiger partial charge in [-0.15, -0.1) is 0 Å². The van der Waals surface area contributed by atoms with Gasteiger partial charge < -0.3 is 20.1 Å². The van der Waals surface area contributed by atoms with Crippen LogP contribution in [-0.2, 0) is 14.4 Å². The van der Waals surface area contributed by atoms with E-state index in [2.05, 4.69) is 37.1 Å². The van der Waals surface area contributed by atoms with E-state index >= 15 is 0 Å².